The van der Waals surface area contributed by atoms with Crippen molar-refractivity contribution in [3.63, 3.8) is 0 Å². The van der Waals surface area contributed by atoms with Crippen molar-refractivity contribution in [2.24, 2.45) is 0 Å². The van der Waals surface area contributed by atoms with Gasteiger partial charge in [0.25, 0.3) is 0 Å². The molecule has 0 aliphatic heterocycles. The smallest absolute Gasteiger partial charge is 0.237 e. The molecule has 0 aromatic heterocycles. The van der Waals surface area contributed by atoms with Gasteiger partial charge in [-0.05, 0) is 31.0 Å². The lowest BCUT2D eigenvalue weighted by molar-refractivity contribution is -0.131. The summed E-state index contributed by atoms with van der Waals surface area (Å²) in [6, 6.07) is 7.41. The Balaban J connectivity index is 2.63. The van der Waals surface area contributed by atoms with Crippen LogP contribution in [-0.2, 0) is 21.2 Å². The second-order valence-electron chi connectivity index (χ2n) is 5.20. The lowest BCUT2D eigenvalue weighted by atomic mass is 10.1. The van der Waals surface area contributed by atoms with E-state index in [0.717, 1.165) is 16.1 Å². The van der Waals surface area contributed by atoms with E-state index in [9.17, 15) is 13.2 Å². The zero-order valence-electron chi connectivity index (χ0n) is 12.7. The minimum absolute atomic E-state index is 0.0355. The van der Waals surface area contributed by atoms with Gasteiger partial charge in [-0.3, -0.25) is 4.79 Å². The number of sulfonamides is 1. The molecule has 0 heterocycles. The fourth-order valence-electron chi connectivity index (χ4n) is 1.76. The van der Waals surface area contributed by atoms with E-state index in [1.54, 1.807) is 11.9 Å². The number of hydrogen-bond donors (Lipinski definition) is 0. The van der Waals surface area contributed by atoms with Gasteiger partial charge in [0.1, 0.15) is 0 Å². The van der Waals surface area contributed by atoms with Gasteiger partial charge in [-0.2, -0.15) is 4.31 Å². The van der Waals surface area contributed by atoms with Crippen molar-refractivity contribution in [3.05, 3.63) is 34.9 Å². The molecule has 1 atom stereocenters. The monoisotopic (exact) mass is 332 g/mol. The molecular formula is C14H21ClN2O3S. The average Bonchev–Trinajstić information content (AvgIpc) is 2.39. The maximum absolute atomic E-state index is 12.1. The third-order valence-corrected chi connectivity index (χ3v) is 4.94. The van der Waals surface area contributed by atoms with Gasteiger partial charge in [0.15, 0.2) is 0 Å². The third-order valence-electron chi connectivity index (χ3n) is 3.42. The van der Waals surface area contributed by atoms with Gasteiger partial charge in [0.2, 0.25) is 15.9 Å². The van der Waals surface area contributed by atoms with Gasteiger partial charge in [-0.25, -0.2) is 8.42 Å². The molecule has 0 saturated heterocycles. The van der Waals surface area contributed by atoms with E-state index in [2.05, 4.69) is 0 Å². The standard InChI is InChI=1S/C14H21ClN2O3S/c1-11(9-12-5-7-13(15)8-6-12)17(3)14(18)10-16(2)21(4,19)20/h5-8,11H,9-10H2,1-4H3. The van der Waals surface area contributed by atoms with E-state index < -0.39 is 10.0 Å². The largest absolute Gasteiger partial charge is 0.342 e. The lowest BCUT2D eigenvalue weighted by Crippen LogP contribution is -2.43. The minimum Gasteiger partial charge on any atom is -0.342 e. The predicted molar refractivity (Wildman–Crippen MR) is 84.9 cm³/mol. The number of halogens is 1. The molecular weight excluding hydrogens is 312 g/mol. The quantitative estimate of drug-likeness (QED) is 0.795. The fourth-order valence-corrected chi connectivity index (χ4v) is 2.23. The van der Waals surface area contributed by atoms with Gasteiger partial charge in [-0.1, -0.05) is 23.7 Å². The summed E-state index contributed by atoms with van der Waals surface area (Å²) in [4.78, 5) is 13.7. The van der Waals surface area contributed by atoms with Crippen LogP contribution in [0.2, 0.25) is 5.02 Å². The summed E-state index contributed by atoms with van der Waals surface area (Å²) in [5, 5.41) is 0.672. The second-order valence-corrected chi connectivity index (χ2v) is 7.73. The predicted octanol–water partition coefficient (Wildman–Crippen LogP) is 1.62. The molecule has 0 bridgehead atoms. The zero-order chi connectivity index (χ0) is 16.2. The molecule has 1 aromatic rings. The number of benzene rings is 1. The summed E-state index contributed by atoms with van der Waals surface area (Å²) in [7, 11) is -0.276. The highest BCUT2D eigenvalue weighted by molar-refractivity contribution is 7.88. The molecule has 118 valence electrons. The first-order valence-electron chi connectivity index (χ1n) is 6.52. The van der Waals surface area contributed by atoms with Crippen molar-refractivity contribution in [2.75, 3.05) is 26.9 Å². The summed E-state index contributed by atoms with van der Waals surface area (Å²) < 4.78 is 23.7. The Morgan fingerprint density at radius 2 is 1.76 bits per heavy atom. The molecule has 1 rings (SSSR count). The number of amides is 1. The number of rotatable bonds is 6. The van der Waals surface area contributed by atoms with Crippen molar-refractivity contribution in [1.29, 1.82) is 0 Å². The van der Waals surface area contributed by atoms with Gasteiger partial charge in [-0.15, -0.1) is 0 Å². The summed E-state index contributed by atoms with van der Waals surface area (Å²) >= 11 is 5.83. The van der Waals surface area contributed by atoms with E-state index in [1.165, 1.54) is 7.05 Å². The van der Waals surface area contributed by atoms with E-state index in [1.807, 2.05) is 31.2 Å². The van der Waals surface area contributed by atoms with Gasteiger partial charge < -0.3 is 4.90 Å². The van der Waals surface area contributed by atoms with Crippen molar-refractivity contribution in [3.8, 4) is 0 Å². The van der Waals surface area contributed by atoms with Crippen LogP contribution >= 0.6 is 11.6 Å². The number of carbonyl (C=O) groups excluding carboxylic acids is 1. The van der Waals surface area contributed by atoms with Crippen LogP contribution in [0.25, 0.3) is 0 Å². The van der Waals surface area contributed by atoms with E-state index in [0.29, 0.717) is 11.4 Å². The number of nitrogens with zero attached hydrogens (tertiary/aromatic N) is 2. The van der Waals surface area contributed by atoms with Crippen LogP contribution < -0.4 is 0 Å². The second kappa shape index (κ2) is 7.24. The highest BCUT2D eigenvalue weighted by Gasteiger charge is 2.21. The molecule has 5 nitrogen and oxygen atoms in total. The van der Waals surface area contributed by atoms with Crippen LogP contribution in [0, 0.1) is 0 Å². The van der Waals surface area contributed by atoms with Crippen molar-refractivity contribution in [2.45, 2.75) is 19.4 Å². The first-order valence-corrected chi connectivity index (χ1v) is 8.75. The number of likely N-dealkylation sites (N-methyl/N-ethyl adjacent to an activating group) is 2. The molecule has 7 heteroatoms. The molecule has 21 heavy (non-hydrogen) atoms. The minimum atomic E-state index is -3.35. The molecule has 0 spiro atoms. The molecule has 1 unspecified atom stereocenters. The lowest BCUT2D eigenvalue weighted by Gasteiger charge is -2.27. The molecule has 0 N–H and O–H groups in total. The molecule has 0 radical (unpaired) electrons. The maximum Gasteiger partial charge on any atom is 0.237 e. The first kappa shape index (κ1) is 17.9. The Morgan fingerprint density at radius 3 is 2.24 bits per heavy atom. The van der Waals surface area contributed by atoms with Gasteiger partial charge in [0, 0.05) is 25.2 Å². The Kier molecular flexibility index (Phi) is 6.19. The normalized spacial score (nSPS) is 13.2. The van der Waals surface area contributed by atoms with Gasteiger partial charge in [0.05, 0.1) is 12.8 Å². The molecule has 0 aliphatic rings. The van der Waals surface area contributed by atoms with Gasteiger partial charge >= 0.3 is 0 Å². The van der Waals surface area contributed by atoms with Crippen LogP contribution in [0.15, 0.2) is 24.3 Å². The van der Waals surface area contributed by atoms with Crippen molar-refractivity contribution < 1.29 is 13.2 Å². The molecule has 0 aliphatic carbocycles. The van der Waals surface area contributed by atoms with Crippen LogP contribution in [0.1, 0.15) is 12.5 Å². The maximum atomic E-state index is 12.1. The highest BCUT2D eigenvalue weighted by Crippen LogP contribution is 2.13. The van der Waals surface area contributed by atoms with E-state index in [4.69, 9.17) is 11.6 Å². The highest BCUT2D eigenvalue weighted by atomic mass is 35.5. The average molecular weight is 333 g/mol. The Hall–Kier alpha value is -1.11. The SMILES string of the molecule is CC(Cc1ccc(Cl)cc1)N(C)C(=O)CN(C)S(C)(=O)=O. The number of carbonyl (C=O) groups is 1. The van der Waals surface area contributed by atoms with Crippen LogP contribution in [0.4, 0.5) is 0 Å². The van der Waals surface area contributed by atoms with Crippen LogP contribution in [0.5, 0.6) is 0 Å². The summed E-state index contributed by atoms with van der Waals surface area (Å²) in [6.07, 6.45) is 1.76. The van der Waals surface area contributed by atoms with Crippen molar-refractivity contribution >= 4 is 27.5 Å². The molecule has 0 saturated carbocycles. The Labute approximate surface area is 131 Å². The Morgan fingerprint density at radius 1 is 1.24 bits per heavy atom. The fraction of sp³-hybridized carbons (Fsp3) is 0.500. The molecule has 1 amide bonds. The first-order chi connectivity index (χ1) is 9.61. The Bertz CT molecular complexity index is 587. The zero-order valence-corrected chi connectivity index (χ0v) is 14.3. The van der Waals surface area contributed by atoms with E-state index in [-0.39, 0.29) is 18.5 Å². The van der Waals surface area contributed by atoms with Crippen LogP contribution in [0.3, 0.4) is 0 Å². The summed E-state index contributed by atoms with van der Waals surface area (Å²) in [6.45, 7) is 1.77. The topological polar surface area (TPSA) is 57.7 Å². The summed E-state index contributed by atoms with van der Waals surface area (Å²) in [5.74, 6) is -0.232. The third kappa shape index (κ3) is 5.65. The summed E-state index contributed by atoms with van der Waals surface area (Å²) in [5.41, 5.74) is 1.07. The molecule has 1 aromatic carbocycles. The van der Waals surface area contributed by atoms with Crippen LogP contribution in [-0.4, -0.2) is 56.5 Å². The van der Waals surface area contributed by atoms with Crippen molar-refractivity contribution in [1.82, 2.24) is 9.21 Å². The van der Waals surface area contributed by atoms with E-state index >= 15 is 0 Å². The number of hydrogen-bond acceptors (Lipinski definition) is 3. The molecule has 0 fully saturated rings.